The maximum Gasteiger partial charge on any atom is 0.264 e. The minimum Gasteiger partial charge on any atom is -0.273 e. The van der Waals surface area contributed by atoms with Crippen LogP contribution in [0.15, 0.2) is 33.6 Å². The lowest BCUT2D eigenvalue weighted by atomic mass is 9.88. The molecule has 0 aromatic heterocycles. The second kappa shape index (κ2) is 5.25. The Bertz CT molecular complexity index is 574. The normalized spacial score (nSPS) is 18.2. The average Bonchev–Trinajstić information content (AvgIpc) is 2.77. The fourth-order valence-electron chi connectivity index (χ4n) is 2.30. The van der Waals surface area contributed by atoms with Gasteiger partial charge in [-0.25, -0.2) is 13.1 Å². The second-order valence-electron chi connectivity index (χ2n) is 5.16. The van der Waals surface area contributed by atoms with Crippen LogP contribution in [0.4, 0.5) is 0 Å². The van der Waals surface area contributed by atoms with Gasteiger partial charge in [0.05, 0.1) is 4.90 Å². The Labute approximate surface area is 121 Å². The summed E-state index contributed by atoms with van der Waals surface area (Å²) in [4.78, 5) is 12.2. The summed E-state index contributed by atoms with van der Waals surface area (Å²) in [7, 11) is -3.77. The van der Waals surface area contributed by atoms with E-state index in [9.17, 15) is 13.2 Å². The standard InChI is InChI=1S/C13H16BrNO3S/c1-13(8-2-3-9-13)12(16)15-19(17,18)11-6-4-10(14)5-7-11/h4-7H,2-3,8-9H2,1H3,(H,15,16). The molecule has 1 N–H and O–H groups in total. The molecule has 104 valence electrons. The van der Waals surface area contributed by atoms with E-state index in [4.69, 9.17) is 0 Å². The smallest absolute Gasteiger partial charge is 0.264 e. The molecule has 1 fully saturated rings. The molecule has 1 amide bonds. The molecule has 1 aliphatic carbocycles. The molecule has 0 aliphatic heterocycles. The third-order valence-electron chi connectivity index (χ3n) is 3.61. The van der Waals surface area contributed by atoms with Crippen LogP contribution in [-0.4, -0.2) is 14.3 Å². The molecule has 1 saturated carbocycles. The Hall–Kier alpha value is -0.880. The van der Waals surface area contributed by atoms with Crippen LogP contribution in [0.3, 0.4) is 0 Å². The van der Waals surface area contributed by atoms with Crippen molar-refractivity contribution in [2.24, 2.45) is 5.41 Å². The van der Waals surface area contributed by atoms with Gasteiger partial charge in [-0.3, -0.25) is 4.79 Å². The molecule has 1 aliphatic rings. The zero-order valence-electron chi connectivity index (χ0n) is 10.6. The largest absolute Gasteiger partial charge is 0.273 e. The van der Waals surface area contributed by atoms with E-state index in [2.05, 4.69) is 20.7 Å². The average molecular weight is 346 g/mol. The van der Waals surface area contributed by atoms with Crippen molar-refractivity contribution in [1.29, 1.82) is 0 Å². The van der Waals surface area contributed by atoms with Crippen LogP contribution < -0.4 is 4.72 Å². The van der Waals surface area contributed by atoms with E-state index in [1.165, 1.54) is 12.1 Å². The van der Waals surface area contributed by atoms with E-state index in [0.717, 1.165) is 30.2 Å². The topological polar surface area (TPSA) is 63.2 Å². The second-order valence-corrected chi connectivity index (χ2v) is 7.75. The van der Waals surface area contributed by atoms with Gasteiger partial charge < -0.3 is 0 Å². The lowest BCUT2D eigenvalue weighted by Gasteiger charge is -2.22. The number of hydrogen-bond acceptors (Lipinski definition) is 3. The molecule has 1 aromatic carbocycles. The van der Waals surface area contributed by atoms with E-state index in [1.807, 2.05) is 6.92 Å². The molecule has 0 saturated heterocycles. The molecule has 19 heavy (non-hydrogen) atoms. The Morgan fingerprint density at radius 2 is 1.74 bits per heavy atom. The fraction of sp³-hybridized carbons (Fsp3) is 0.462. The lowest BCUT2D eigenvalue weighted by Crippen LogP contribution is -2.40. The molecule has 0 unspecified atom stereocenters. The fourth-order valence-corrected chi connectivity index (χ4v) is 3.67. The number of carbonyl (C=O) groups is 1. The third-order valence-corrected chi connectivity index (χ3v) is 5.48. The first-order chi connectivity index (χ1) is 8.83. The number of carbonyl (C=O) groups excluding carboxylic acids is 1. The summed E-state index contributed by atoms with van der Waals surface area (Å²) in [6.07, 6.45) is 3.44. The van der Waals surface area contributed by atoms with Crippen LogP contribution in [0.25, 0.3) is 0 Å². The van der Waals surface area contributed by atoms with Gasteiger partial charge in [0.1, 0.15) is 0 Å². The maximum atomic E-state index is 12.1. The first-order valence-electron chi connectivity index (χ1n) is 6.16. The molecule has 4 nitrogen and oxygen atoms in total. The summed E-state index contributed by atoms with van der Waals surface area (Å²) in [5, 5.41) is 0. The first-order valence-corrected chi connectivity index (χ1v) is 8.44. The van der Waals surface area contributed by atoms with Gasteiger partial charge in [0.15, 0.2) is 0 Å². The van der Waals surface area contributed by atoms with E-state index in [-0.39, 0.29) is 4.90 Å². The van der Waals surface area contributed by atoms with Gasteiger partial charge in [-0.15, -0.1) is 0 Å². The van der Waals surface area contributed by atoms with Gasteiger partial charge in [0.25, 0.3) is 10.0 Å². The number of halogens is 1. The number of rotatable bonds is 3. The Kier molecular flexibility index (Phi) is 4.01. The summed E-state index contributed by atoms with van der Waals surface area (Å²) in [5.74, 6) is -0.395. The predicted octanol–water partition coefficient (Wildman–Crippen LogP) is 2.83. The molecular formula is C13H16BrNO3S. The summed E-state index contributed by atoms with van der Waals surface area (Å²) >= 11 is 3.24. The van der Waals surface area contributed by atoms with Crippen molar-refractivity contribution >= 4 is 31.9 Å². The van der Waals surface area contributed by atoms with Crippen molar-refractivity contribution < 1.29 is 13.2 Å². The van der Waals surface area contributed by atoms with E-state index in [0.29, 0.717) is 0 Å². The number of hydrogen-bond donors (Lipinski definition) is 1. The van der Waals surface area contributed by atoms with Gasteiger partial charge in [0, 0.05) is 9.89 Å². The summed E-state index contributed by atoms with van der Waals surface area (Å²) in [5.41, 5.74) is -0.553. The van der Waals surface area contributed by atoms with Crippen molar-refractivity contribution in [3.05, 3.63) is 28.7 Å². The zero-order chi connectivity index (χ0) is 14.1. The van der Waals surface area contributed by atoms with Crippen LogP contribution in [-0.2, 0) is 14.8 Å². The zero-order valence-corrected chi connectivity index (χ0v) is 13.1. The predicted molar refractivity (Wildman–Crippen MR) is 76.0 cm³/mol. The van der Waals surface area contributed by atoms with Crippen molar-refractivity contribution in [3.8, 4) is 0 Å². The van der Waals surface area contributed by atoms with Gasteiger partial charge in [0.2, 0.25) is 5.91 Å². The number of nitrogens with one attached hydrogen (secondary N) is 1. The van der Waals surface area contributed by atoms with Gasteiger partial charge in [-0.2, -0.15) is 0 Å². The number of amides is 1. The van der Waals surface area contributed by atoms with E-state index < -0.39 is 21.3 Å². The van der Waals surface area contributed by atoms with Crippen LogP contribution in [0.2, 0.25) is 0 Å². The first kappa shape index (κ1) is 14.5. The Morgan fingerprint density at radius 3 is 2.26 bits per heavy atom. The Morgan fingerprint density at radius 1 is 1.21 bits per heavy atom. The molecule has 0 atom stereocenters. The SMILES string of the molecule is CC1(C(=O)NS(=O)(=O)c2ccc(Br)cc2)CCCC1. The molecule has 1 aromatic rings. The Balaban J connectivity index is 2.17. The van der Waals surface area contributed by atoms with E-state index in [1.54, 1.807) is 12.1 Å². The van der Waals surface area contributed by atoms with Crippen LogP contribution in [0.5, 0.6) is 0 Å². The number of sulfonamides is 1. The van der Waals surface area contributed by atoms with Crippen molar-refractivity contribution in [2.45, 2.75) is 37.5 Å². The van der Waals surface area contributed by atoms with Gasteiger partial charge >= 0.3 is 0 Å². The van der Waals surface area contributed by atoms with Gasteiger partial charge in [-0.05, 0) is 37.1 Å². The minimum atomic E-state index is -3.77. The van der Waals surface area contributed by atoms with Crippen molar-refractivity contribution in [1.82, 2.24) is 4.72 Å². The van der Waals surface area contributed by atoms with Crippen LogP contribution >= 0.6 is 15.9 Å². The molecular weight excluding hydrogens is 330 g/mol. The minimum absolute atomic E-state index is 0.102. The molecule has 0 heterocycles. The lowest BCUT2D eigenvalue weighted by molar-refractivity contribution is -0.127. The molecule has 0 radical (unpaired) electrons. The van der Waals surface area contributed by atoms with Crippen molar-refractivity contribution in [3.63, 3.8) is 0 Å². The van der Waals surface area contributed by atoms with Gasteiger partial charge in [-0.1, -0.05) is 35.7 Å². The van der Waals surface area contributed by atoms with Crippen molar-refractivity contribution in [2.75, 3.05) is 0 Å². The summed E-state index contributed by atoms with van der Waals surface area (Å²) in [6.45, 7) is 1.83. The van der Waals surface area contributed by atoms with E-state index >= 15 is 0 Å². The van der Waals surface area contributed by atoms with Crippen LogP contribution in [0.1, 0.15) is 32.6 Å². The molecule has 2 rings (SSSR count). The summed E-state index contributed by atoms with van der Waals surface area (Å²) < 4.78 is 27.2. The van der Waals surface area contributed by atoms with Crippen LogP contribution in [0, 0.1) is 5.41 Å². The number of benzene rings is 1. The quantitative estimate of drug-likeness (QED) is 0.915. The molecule has 0 bridgehead atoms. The summed E-state index contributed by atoms with van der Waals surface area (Å²) in [6, 6.07) is 6.21. The maximum absolute atomic E-state index is 12.1. The highest BCUT2D eigenvalue weighted by molar-refractivity contribution is 9.10. The molecule has 6 heteroatoms. The highest BCUT2D eigenvalue weighted by atomic mass is 79.9. The third kappa shape index (κ3) is 3.17. The highest BCUT2D eigenvalue weighted by Gasteiger charge is 2.38. The highest BCUT2D eigenvalue weighted by Crippen LogP contribution is 2.37. The monoisotopic (exact) mass is 345 g/mol. The molecule has 0 spiro atoms.